The van der Waals surface area contributed by atoms with Crippen molar-refractivity contribution in [2.45, 2.75) is 48.5 Å². The molecule has 0 radical (unpaired) electrons. The second-order valence-electron chi connectivity index (χ2n) is 5.39. The smallest absolute Gasteiger partial charge is 0.119 e. The highest BCUT2D eigenvalue weighted by atomic mass is 16.5. The first-order valence-corrected chi connectivity index (χ1v) is 6.59. The molecule has 0 saturated heterocycles. The molecule has 0 aromatic heterocycles. The highest BCUT2D eigenvalue weighted by Crippen LogP contribution is 2.26. The third kappa shape index (κ3) is 6.35. The van der Waals surface area contributed by atoms with Crippen molar-refractivity contribution in [1.29, 1.82) is 0 Å². The molecule has 0 amide bonds. The second-order valence-corrected chi connectivity index (χ2v) is 5.39. The van der Waals surface area contributed by atoms with Crippen LogP contribution in [0.5, 0.6) is 5.75 Å². The Labute approximate surface area is 107 Å². The van der Waals surface area contributed by atoms with Crippen LogP contribution in [-0.4, -0.2) is 6.61 Å². The van der Waals surface area contributed by atoms with Gasteiger partial charge in [-0.25, -0.2) is 0 Å². The molecule has 0 heterocycles. The van der Waals surface area contributed by atoms with E-state index in [0.29, 0.717) is 11.3 Å². The van der Waals surface area contributed by atoms with Crippen LogP contribution in [-0.2, 0) is 0 Å². The van der Waals surface area contributed by atoms with E-state index in [1.807, 2.05) is 26.0 Å². The van der Waals surface area contributed by atoms with Gasteiger partial charge in [-0.3, -0.25) is 0 Å². The molecule has 0 aliphatic heterocycles. The van der Waals surface area contributed by atoms with Gasteiger partial charge in [-0.15, -0.1) is 0 Å². The zero-order valence-electron chi connectivity index (χ0n) is 12.5. The van der Waals surface area contributed by atoms with Gasteiger partial charge in [0.25, 0.3) is 0 Å². The minimum atomic E-state index is 0.310. The molecule has 0 aliphatic rings. The number of benzene rings is 1. The molecule has 1 unspecified atom stereocenters. The maximum absolute atomic E-state index is 5.75. The van der Waals surface area contributed by atoms with E-state index in [1.54, 1.807) is 0 Å². The Morgan fingerprint density at radius 1 is 1.06 bits per heavy atom. The lowest BCUT2D eigenvalue weighted by Crippen LogP contribution is -2.23. The Balaban J connectivity index is 0.00000121. The zero-order valence-corrected chi connectivity index (χ0v) is 12.5. The van der Waals surface area contributed by atoms with Crippen LogP contribution in [0.4, 0.5) is 0 Å². The van der Waals surface area contributed by atoms with Crippen molar-refractivity contribution in [3.63, 3.8) is 0 Å². The zero-order chi connectivity index (χ0) is 13.5. The van der Waals surface area contributed by atoms with E-state index in [-0.39, 0.29) is 0 Å². The summed E-state index contributed by atoms with van der Waals surface area (Å²) in [6.45, 7) is 15.8. The highest BCUT2D eigenvalue weighted by Gasteiger charge is 2.20. The number of hydrogen-bond donors (Lipinski definition) is 0. The maximum Gasteiger partial charge on any atom is 0.119 e. The molecule has 0 spiro atoms. The van der Waals surface area contributed by atoms with E-state index >= 15 is 0 Å². The van der Waals surface area contributed by atoms with Crippen molar-refractivity contribution in [3.05, 3.63) is 29.8 Å². The Bertz CT molecular complexity index is 292. The predicted octanol–water partition coefficient (Wildman–Crippen LogP) is 5.08. The number of hydrogen-bond acceptors (Lipinski definition) is 1. The van der Waals surface area contributed by atoms with Crippen LogP contribution in [0.1, 0.15) is 47.1 Å². The Morgan fingerprint density at radius 3 is 1.94 bits per heavy atom. The van der Waals surface area contributed by atoms with Gasteiger partial charge in [0.15, 0.2) is 0 Å². The standard InChI is InChI=1S/C14H22O.C2H6/c1-11-6-8-13(9-7-11)15-10-12(2)14(3,4)5;1-2/h6-9,12H,10H2,1-5H3;1-2H3. The molecule has 0 bridgehead atoms. The van der Waals surface area contributed by atoms with E-state index in [1.165, 1.54) is 5.56 Å². The van der Waals surface area contributed by atoms with Crippen LogP contribution in [0.15, 0.2) is 24.3 Å². The van der Waals surface area contributed by atoms with Crippen LogP contribution in [0, 0.1) is 18.3 Å². The van der Waals surface area contributed by atoms with E-state index in [0.717, 1.165) is 12.4 Å². The van der Waals surface area contributed by atoms with E-state index in [9.17, 15) is 0 Å². The predicted molar refractivity (Wildman–Crippen MR) is 76.6 cm³/mol. The summed E-state index contributed by atoms with van der Waals surface area (Å²) in [7, 11) is 0. The molecule has 98 valence electrons. The lowest BCUT2D eigenvalue weighted by Gasteiger charge is -2.27. The van der Waals surface area contributed by atoms with E-state index < -0.39 is 0 Å². The molecule has 1 nitrogen and oxygen atoms in total. The molecule has 17 heavy (non-hydrogen) atoms. The monoisotopic (exact) mass is 236 g/mol. The molecular formula is C16H28O. The number of aryl methyl sites for hydroxylation is 1. The van der Waals surface area contributed by atoms with Gasteiger partial charge in [0, 0.05) is 0 Å². The third-order valence-electron chi connectivity index (χ3n) is 3.00. The Hall–Kier alpha value is -0.980. The lowest BCUT2D eigenvalue weighted by atomic mass is 9.83. The van der Waals surface area contributed by atoms with Crippen molar-refractivity contribution < 1.29 is 4.74 Å². The van der Waals surface area contributed by atoms with Gasteiger partial charge in [-0.1, -0.05) is 59.2 Å². The van der Waals surface area contributed by atoms with Crippen molar-refractivity contribution in [2.24, 2.45) is 11.3 Å². The molecule has 0 saturated carbocycles. The van der Waals surface area contributed by atoms with Crippen molar-refractivity contribution >= 4 is 0 Å². The maximum atomic E-state index is 5.75. The molecular weight excluding hydrogens is 208 g/mol. The molecule has 1 aromatic rings. The quantitative estimate of drug-likeness (QED) is 0.711. The minimum absolute atomic E-state index is 0.310. The van der Waals surface area contributed by atoms with Gasteiger partial charge in [-0.05, 0) is 30.4 Å². The third-order valence-corrected chi connectivity index (χ3v) is 3.00. The minimum Gasteiger partial charge on any atom is -0.493 e. The fraction of sp³-hybridized carbons (Fsp3) is 0.625. The van der Waals surface area contributed by atoms with Gasteiger partial charge >= 0.3 is 0 Å². The summed E-state index contributed by atoms with van der Waals surface area (Å²) < 4.78 is 5.75. The molecule has 1 heteroatoms. The molecule has 0 aliphatic carbocycles. The summed E-state index contributed by atoms with van der Waals surface area (Å²) in [6.07, 6.45) is 0. The molecule has 0 N–H and O–H groups in total. The molecule has 0 fully saturated rings. The fourth-order valence-corrected chi connectivity index (χ4v) is 1.11. The Morgan fingerprint density at radius 2 is 1.53 bits per heavy atom. The van der Waals surface area contributed by atoms with Crippen LogP contribution in [0.25, 0.3) is 0 Å². The summed E-state index contributed by atoms with van der Waals surface area (Å²) in [6, 6.07) is 8.23. The topological polar surface area (TPSA) is 9.23 Å². The largest absolute Gasteiger partial charge is 0.493 e. The molecule has 1 rings (SSSR count). The number of ether oxygens (including phenoxy) is 1. The van der Waals surface area contributed by atoms with Gasteiger partial charge in [0.2, 0.25) is 0 Å². The number of rotatable bonds is 3. The fourth-order valence-electron chi connectivity index (χ4n) is 1.11. The van der Waals surface area contributed by atoms with Crippen molar-refractivity contribution in [1.82, 2.24) is 0 Å². The van der Waals surface area contributed by atoms with Crippen LogP contribution in [0.2, 0.25) is 0 Å². The summed E-state index contributed by atoms with van der Waals surface area (Å²) in [5.74, 6) is 1.52. The van der Waals surface area contributed by atoms with Crippen LogP contribution in [0.3, 0.4) is 0 Å². The van der Waals surface area contributed by atoms with Gasteiger partial charge in [0.05, 0.1) is 6.61 Å². The van der Waals surface area contributed by atoms with Crippen LogP contribution < -0.4 is 4.74 Å². The van der Waals surface area contributed by atoms with Gasteiger partial charge in [-0.2, -0.15) is 0 Å². The summed E-state index contributed by atoms with van der Waals surface area (Å²) >= 11 is 0. The first-order chi connectivity index (χ1) is 7.89. The SMILES string of the molecule is CC.Cc1ccc(OCC(C)C(C)(C)C)cc1. The van der Waals surface area contributed by atoms with Gasteiger partial charge < -0.3 is 4.74 Å². The van der Waals surface area contributed by atoms with Crippen molar-refractivity contribution in [2.75, 3.05) is 6.61 Å². The van der Waals surface area contributed by atoms with Crippen molar-refractivity contribution in [3.8, 4) is 5.75 Å². The van der Waals surface area contributed by atoms with E-state index in [4.69, 9.17) is 4.74 Å². The first kappa shape index (κ1) is 16.0. The Kier molecular flexibility index (Phi) is 6.94. The normalized spacial score (nSPS) is 12.4. The second kappa shape index (κ2) is 7.37. The summed E-state index contributed by atoms with van der Waals surface area (Å²) in [5.41, 5.74) is 1.58. The molecule has 1 atom stereocenters. The van der Waals surface area contributed by atoms with E-state index in [2.05, 4.69) is 46.8 Å². The first-order valence-electron chi connectivity index (χ1n) is 6.59. The average molecular weight is 236 g/mol. The average Bonchev–Trinajstić information content (AvgIpc) is 2.29. The highest BCUT2D eigenvalue weighted by molar-refractivity contribution is 5.26. The van der Waals surface area contributed by atoms with Gasteiger partial charge in [0.1, 0.15) is 5.75 Å². The lowest BCUT2D eigenvalue weighted by molar-refractivity contribution is 0.161. The molecule has 1 aromatic carbocycles. The summed E-state index contributed by atoms with van der Waals surface area (Å²) in [5, 5.41) is 0. The summed E-state index contributed by atoms with van der Waals surface area (Å²) in [4.78, 5) is 0. The van der Waals surface area contributed by atoms with Crippen LogP contribution >= 0.6 is 0 Å².